The molecule has 0 aliphatic rings. The highest BCUT2D eigenvalue weighted by atomic mass is 16.1. The summed E-state index contributed by atoms with van der Waals surface area (Å²) in [5, 5.41) is 2.56. The van der Waals surface area contributed by atoms with E-state index in [4.69, 9.17) is 0 Å². The molecule has 1 aromatic rings. The van der Waals surface area contributed by atoms with Crippen LogP contribution in [0.4, 0.5) is 0 Å². The van der Waals surface area contributed by atoms with Crippen molar-refractivity contribution in [2.75, 3.05) is 7.05 Å². The first-order chi connectivity index (χ1) is 5.33. The molecule has 1 heterocycles. The maximum atomic E-state index is 10.9. The zero-order valence-corrected chi connectivity index (χ0v) is 6.42. The lowest BCUT2D eigenvalue weighted by Crippen LogP contribution is -2.20. The van der Waals surface area contributed by atoms with Gasteiger partial charge in [0, 0.05) is 18.7 Å². The lowest BCUT2D eigenvalue weighted by atomic mass is 10.2. The monoisotopic (exact) mass is 151 g/mol. The summed E-state index contributed by atoms with van der Waals surface area (Å²) in [6, 6.07) is 3.78. The largest absolute Gasteiger partial charge is 0.359 e. The van der Waals surface area contributed by atoms with E-state index in [-0.39, 0.29) is 5.91 Å². The minimum Gasteiger partial charge on any atom is -0.359 e. The third-order valence-electron chi connectivity index (χ3n) is 1.42. The van der Waals surface area contributed by atoms with Gasteiger partial charge in [-0.25, -0.2) is 4.98 Å². The highest BCUT2D eigenvalue weighted by molar-refractivity contribution is 5.77. The second-order valence-electron chi connectivity index (χ2n) is 2.26. The molecule has 1 amide bonds. The van der Waals surface area contributed by atoms with Gasteiger partial charge >= 0.3 is 0 Å². The van der Waals surface area contributed by atoms with Crippen molar-refractivity contribution in [1.82, 2.24) is 5.32 Å². The van der Waals surface area contributed by atoms with E-state index < -0.39 is 0 Å². The summed E-state index contributed by atoms with van der Waals surface area (Å²) >= 11 is 0. The van der Waals surface area contributed by atoms with Crippen LogP contribution in [0.25, 0.3) is 0 Å². The van der Waals surface area contributed by atoms with E-state index in [1.807, 2.05) is 24.5 Å². The van der Waals surface area contributed by atoms with Crippen molar-refractivity contribution < 1.29 is 9.78 Å². The molecule has 0 saturated heterocycles. The van der Waals surface area contributed by atoms with Crippen LogP contribution >= 0.6 is 0 Å². The molecule has 0 aromatic carbocycles. The summed E-state index contributed by atoms with van der Waals surface area (Å²) in [4.78, 5) is 13.8. The van der Waals surface area contributed by atoms with Gasteiger partial charge in [-0.3, -0.25) is 4.79 Å². The molecule has 0 aliphatic heterocycles. The number of aromatic amines is 1. The standard InChI is InChI=1S/C8H10N2O/c1-9-8(11)5-7-3-2-4-10-6-7/h2-4,6H,5H2,1H3,(H,9,11)/p+1. The molecule has 0 saturated carbocycles. The van der Waals surface area contributed by atoms with E-state index in [2.05, 4.69) is 10.3 Å². The first-order valence-corrected chi connectivity index (χ1v) is 3.48. The smallest absolute Gasteiger partial charge is 0.224 e. The van der Waals surface area contributed by atoms with Gasteiger partial charge < -0.3 is 5.32 Å². The number of H-pyrrole nitrogens is 1. The second-order valence-corrected chi connectivity index (χ2v) is 2.26. The summed E-state index contributed by atoms with van der Waals surface area (Å²) in [5.41, 5.74) is 0.992. The predicted octanol–water partition coefficient (Wildman–Crippen LogP) is -0.211. The molecule has 3 nitrogen and oxygen atoms in total. The van der Waals surface area contributed by atoms with Crippen LogP contribution in [0.2, 0.25) is 0 Å². The summed E-state index contributed by atoms with van der Waals surface area (Å²) < 4.78 is 0. The Morgan fingerprint density at radius 3 is 3.09 bits per heavy atom. The van der Waals surface area contributed by atoms with Gasteiger partial charge in [-0.05, 0) is 6.07 Å². The number of hydrogen-bond donors (Lipinski definition) is 1. The van der Waals surface area contributed by atoms with Crippen molar-refractivity contribution in [3.63, 3.8) is 0 Å². The Morgan fingerprint density at radius 1 is 1.73 bits per heavy atom. The normalized spacial score (nSPS) is 9.18. The van der Waals surface area contributed by atoms with Gasteiger partial charge in [-0.1, -0.05) is 0 Å². The number of amides is 1. The average molecular weight is 151 g/mol. The summed E-state index contributed by atoms with van der Waals surface area (Å²) in [7, 11) is 1.63. The lowest BCUT2D eigenvalue weighted by molar-refractivity contribution is -0.378. The Kier molecular flexibility index (Phi) is 2.60. The molecule has 11 heavy (non-hydrogen) atoms. The SMILES string of the molecule is CNC(=O)Cc1ccc[nH+]c1. The van der Waals surface area contributed by atoms with Crippen LogP contribution in [-0.2, 0) is 11.2 Å². The Bertz CT molecular complexity index is 233. The van der Waals surface area contributed by atoms with E-state index in [9.17, 15) is 4.79 Å². The second kappa shape index (κ2) is 3.71. The van der Waals surface area contributed by atoms with Crippen LogP contribution in [0, 0.1) is 0 Å². The third kappa shape index (κ3) is 2.37. The molecule has 0 radical (unpaired) electrons. The number of nitrogens with one attached hydrogen (secondary N) is 2. The Balaban J connectivity index is 2.58. The fourth-order valence-corrected chi connectivity index (χ4v) is 0.814. The molecule has 0 atom stereocenters. The van der Waals surface area contributed by atoms with Crippen molar-refractivity contribution in [2.24, 2.45) is 0 Å². The molecular formula is C8H11N2O+. The van der Waals surface area contributed by atoms with Crippen molar-refractivity contribution in [1.29, 1.82) is 0 Å². The number of carbonyl (C=O) groups excluding carboxylic acids is 1. The molecule has 0 spiro atoms. The van der Waals surface area contributed by atoms with Crippen molar-refractivity contribution >= 4 is 5.91 Å². The van der Waals surface area contributed by atoms with Crippen molar-refractivity contribution in [2.45, 2.75) is 6.42 Å². The minimum atomic E-state index is 0.0320. The minimum absolute atomic E-state index is 0.0320. The topological polar surface area (TPSA) is 43.2 Å². The molecule has 0 unspecified atom stereocenters. The first-order valence-electron chi connectivity index (χ1n) is 3.48. The molecule has 0 bridgehead atoms. The quantitative estimate of drug-likeness (QED) is 0.624. The lowest BCUT2D eigenvalue weighted by Gasteiger charge is -1.95. The van der Waals surface area contributed by atoms with Crippen LogP contribution in [0.3, 0.4) is 0 Å². The van der Waals surface area contributed by atoms with Gasteiger partial charge in [-0.15, -0.1) is 0 Å². The fourth-order valence-electron chi connectivity index (χ4n) is 0.814. The molecular weight excluding hydrogens is 140 g/mol. The Labute approximate surface area is 65.5 Å². The number of carbonyl (C=O) groups is 1. The zero-order chi connectivity index (χ0) is 8.10. The number of likely N-dealkylation sites (N-methyl/N-ethyl adjacent to an activating group) is 1. The molecule has 0 aliphatic carbocycles. The van der Waals surface area contributed by atoms with Crippen LogP contribution in [0.1, 0.15) is 5.56 Å². The van der Waals surface area contributed by atoms with Gasteiger partial charge in [0.25, 0.3) is 0 Å². The van der Waals surface area contributed by atoms with E-state index >= 15 is 0 Å². The highest BCUT2D eigenvalue weighted by Crippen LogP contribution is 1.93. The molecule has 2 N–H and O–H groups in total. The molecule has 1 aromatic heterocycles. The highest BCUT2D eigenvalue weighted by Gasteiger charge is 2.00. The van der Waals surface area contributed by atoms with Gasteiger partial charge in [0.1, 0.15) is 0 Å². The molecule has 58 valence electrons. The van der Waals surface area contributed by atoms with E-state index in [0.717, 1.165) is 5.56 Å². The van der Waals surface area contributed by atoms with Crippen molar-refractivity contribution in [3.8, 4) is 0 Å². The van der Waals surface area contributed by atoms with Gasteiger partial charge in [0.2, 0.25) is 5.91 Å². The van der Waals surface area contributed by atoms with Gasteiger partial charge in [0.15, 0.2) is 12.4 Å². The number of hydrogen-bond acceptors (Lipinski definition) is 1. The maximum Gasteiger partial charge on any atom is 0.224 e. The molecule has 1 rings (SSSR count). The zero-order valence-electron chi connectivity index (χ0n) is 6.42. The van der Waals surface area contributed by atoms with E-state index in [0.29, 0.717) is 6.42 Å². The maximum absolute atomic E-state index is 10.9. The number of aromatic nitrogens is 1. The van der Waals surface area contributed by atoms with E-state index in [1.54, 1.807) is 7.05 Å². The average Bonchev–Trinajstić information content (AvgIpc) is 2.06. The van der Waals surface area contributed by atoms with Crippen LogP contribution < -0.4 is 10.3 Å². The Morgan fingerprint density at radius 2 is 2.55 bits per heavy atom. The van der Waals surface area contributed by atoms with Crippen molar-refractivity contribution in [3.05, 3.63) is 30.1 Å². The van der Waals surface area contributed by atoms with Crippen LogP contribution in [0.15, 0.2) is 24.5 Å². The fraction of sp³-hybridized carbons (Fsp3) is 0.250. The number of rotatable bonds is 2. The summed E-state index contributed by atoms with van der Waals surface area (Å²) in [6.07, 6.45) is 4.07. The number of pyridine rings is 1. The Hall–Kier alpha value is -1.38. The molecule has 0 fully saturated rings. The first kappa shape index (κ1) is 7.72. The van der Waals surface area contributed by atoms with Gasteiger partial charge in [-0.2, -0.15) is 0 Å². The van der Waals surface area contributed by atoms with Gasteiger partial charge in [0.05, 0.1) is 6.42 Å². The van der Waals surface area contributed by atoms with E-state index in [1.165, 1.54) is 0 Å². The summed E-state index contributed by atoms with van der Waals surface area (Å²) in [5.74, 6) is 0.0320. The van der Waals surface area contributed by atoms with Crippen LogP contribution in [-0.4, -0.2) is 13.0 Å². The van der Waals surface area contributed by atoms with Crippen LogP contribution in [0.5, 0.6) is 0 Å². The predicted molar refractivity (Wildman–Crippen MR) is 40.8 cm³/mol. The third-order valence-corrected chi connectivity index (χ3v) is 1.42. The molecule has 3 heteroatoms. The summed E-state index contributed by atoms with van der Waals surface area (Å²) in [6.45, 7) is 0.